The van der Waals surface area contributed by atoms with Crippen LogP contribution in [-0.2, 0) is 64.2 Å². The van der Waals surface area contributed by atoms with Gasteiger partial charge in [0.2, 0.25) is 0 Å². The van der Waals surface area contributed by atoms with Crippen molar-refractivity contribution in [3.05, 3.63) is 297 Å². The van der Waals surface area contributed by atoms with Gasteiger partial charge in [0.15, 0.2) is 0 Å². The molecular weight excluding hydrogens is 1670 g/mol. The normalized spacial score (nSPS) is 10.7. The second kappa shape index (κ2) is 50.2. The van der Waals surface area contributed by atoms with Crippen LogP contribution in [0.15, 0.2) is 157 Å². The highest BCUT2D eigenvalue weighted by Crippen LogP contribution is 2.36. The monoisotopic (exact) mass is 1780 g/mol. The molecule has 13 aromatic rings. The van der Waals surface area contributed by atoms with E-state index >= 15 is 0 Å². The largest absolute Gasteiger partial charge is 0.253 e. The van der Waals surface area contributed by atoms with Gasteiger partial charge in [-0.2, -0.15) is 0 Å². The lowest BCUT2D eigenvalue weighted by molar-refractivity contribution is 0.760. The molecule has 0 bridgehead atoms. The number of hydrogen-bond donors (Lipinski definition) is 0. The highest BCUT2D eigenvalue weighted by atomic mass is 32.1. The van der Waals surface area contributed by atoms with Gasteiger partial charge in [-0.15, -0.1) is 56.7 Å². The number of aromatic nitrogens is 8. The summed E-state index contributed by atoms with van der Waals surface area (Å²) in [6.45, 7) is 22.5. The Hall–Kier alpha value is -11.8. The molecule has 0 amide bonds. The summed E-state index contributed by atoms with van der Waals surface area (Å²) in [5.41, 5.74) is 27.0. The van der Waals surface area contributed by atoms with Gasteiger partial charge < -0.3 is 0 Å². The molecule has 0 unspecified atom stereocenters. The highest BCUT2D eigenvalue weighted by molar-refractivity contribution is 7.14. The maximum atomic E-state index is 4.88. The summed E-state index contributed by atoms with van der Waals surface area (Å²) < 4.78 is 0. The van der Waals surface area contributed by atoms with E-state index < -0.39 is 0 Å². The first-order valence-corrected chi connectivity index (χ1v) is 51.2. The van der Waals surface area contributed by atoms with E-state index in [1.807, 2.05) is 147 Å². The van der Waals surface area contributed by atoms with Crippen LogP contribution in [0.3, 0.4) is 0 Å². The van der Waals surface area contributed by atoms with E-state index in [4.69, 9.17) is 39.9 Å². The number of aryl methyl sites for hydroxylation is 2. The Labute approximate surface area is 789 Å². The van der Waals surface area contributed by atoms with Crippen LogP contribution in [0.1, 0.15) is 337 Å². The lowest BCUT2D eigenvalue weighted by atomic mass is 9.98. The summed E-state index contributed by atoms with van der Waals surface area (Å²) in [7, 11) is 0. The van der Waals surface area contributed by atoms with Crippen LogP contribution in [-0.4, -0.2) is 39.9 Å². The third-order valence-corrected chi connectivity index (χ3v) is 28.2. The van der Waals surface area contributed by atoms with Gasteiger partial charge in [-0.1, -0.05) is 228 Å². The van der Waals surface area contributed by atoms with Crippen molar-refractivity contribution in [3.63, 3.8) is 0 Å². The third kappa shape index (κ3) is 26.7. The molecule has 0 fully saturated rings. The summed E-state index contributed by atoms with van der Waals surface area (Å²) in [5.74, 6) is 56.2. The Kier molecular flexibility index (Phi) is 36.9. The zero-order valence-electron chi connectivity index (χ0n) is 76.8. The molecule has 650 valence electrons. The minimum absolute atomic E-state index is 0.774. The van der Waals surface area contributed by atoms with Gasteiger partial charge >= 0.3 is 0 Å². The number of unbranched alkanes of at least 4 members (excludes halogenated alkanes) is 10. The van der Waals surface area contributed by atoms with E-state index in [1.165, 1.54) is 117 Å². The van der Waals surface area contributed by atoms with E-state index in [0.29, 0.717) is 0 Å². The first kappa shape index (κ1) is 94.8. The van der Waals surface area contributed by atoms with Crippen LogP contribution >= 0.6 is 56.7 Å². The Bertz CT molecular complexity index is 6040. The standard InChI is InChI=1S/C116H116N8S5/c1-11-21-31-91-81-125-109(93(91)33-23-13-3)65-49-83-41-57-101(117-73-83)103-59-43-85(75-119-103)51-67-111-95(35-25-15-5)97(37-27-17-7)113(127-111)69-53-87-45-61-105(121-77-87)107-63-47-89(79-123-107)55-71-115-99(39-29-19-9)100(40-30-20-10)116(129-115)72-56-90-48-64-108(124-80-90)106-62-46-88(78-122-106)54-70-114-98(38-28-18-8)96(36-26-16-6)112(128-114)68-52-86-44-60-104(120-76-86)102-58-42-84(74-118-102)50-66-110-94(34-24-14-4)92(82-126-110)32-22-12-2/h41-48,57-64,73-82H,11-40H2,1-10H3. The molecule has 0 saturated carbocycles. The van der Waals surface area contributed by atoms with Crippen LogP contribution in [0.4, 0.5) is 0 Å². The van der Waals surface area contributed by atoms with Crippen molar-refractivity contribution in [1.29, 1.82) is 0 Å². The molecule has 13 rings (SSSR count). The molecular formula is C116H116N8S5. The van der Waals surface area contributed by atoms with Gasteiger partial charge in [0.05, 0.1) is 84.6 Å². The van der Waals surface area contributed by atoms with E-state index in [1.54, 1.807) is 56.7 Å². The number of nitrogens with zero attached hydrogens (tertiary/aromatic N) is 8. The van der Waals surface area contributed by atoms with Gasteiger partial charge in [0, 0.05) is 94.1 Å². The number of hydrogen-bond acceptors (Lipinski definition) is 13. The zero-order chi connectivity index (χ0) is 89.7. The van der Waals surface area contributed by atoms with E-state index in [-0.39, 0.29) is 0 Å². The quantitative estimate of drug-likeness (QED) is 0.0368. The molecule has 8 nitrogen and oxygen atoms in total. The van der Waals surface area contributed by atoms with Crippen molar-refractivity contribution in [3.8, 4) is 140 Å². The summed E-state index contributed by atoms with van der Waals surface area (Å²) >= 11 is 8.69. The maximum Gasteiger partial charge on any atom is 0.0887 e. The summed E-state index contributed by atoms with van der Waals surface area (Å²) in [6.07, 6.45) is 47.7. The minimum atomic E-state index is 0.774. The average molecular weight is 1780 g/mol. The smallest absolute Gasteiger partial charge is 0.0887 e. The lowest BCUT2D eigenvalue weighted by Crippen LogP contribution is -1.95. The maximum absolute atomic E-state index is 4.88. The fraction of sp³-hybridized carbons (Fsp3) is 0.345. The SMILES string of the molecule is CCCCc1csc(C#Cc2ccc(-c3ccc(C#Cc4sc(C#Cc5ccc(-c6ccc(C#Cc7sc(C#Cc8ccc(-c9ccc(C#Cc%10sc(C#Cc%11ccc(-c%12ccc(C#Cc%13scc(CCCC)c%13CCCC)cn%12)nc%11)c(CCCC)c%10CCCC)cn9)nc8)c(CCCC)c7CCCC)cn6)nc5)c(CCCC)c4CCCC)cn3)nc2)c1CCCC. The van der Waals surface area contributed by atoms with Crippen LogP contribution in [0.2, 0.25) is 0 Å². The first-order valence-electron chi connectivity index (χ1n) is 47.0. The average Bonchev–Trinajstić information content (AvgIpc) is 1.74. The molecule has 13 heterocycles. The molecule has 0 aromatic carbocycles. The number of pyridine rings is 8. The van der Waals surface area contributed by atoms with Crippen molar-refractivity contribution in [2.45, 2.75) is 262 Å². The van der Waals surface area contributed by atoms with Crippen LogP contribution in [0.5, 0.6) is 0 Å². The molecule has 0 aliphatic rings. The molecule has 0 radical (unpaired) electrons. The Balaban J connectivity index is 0.647. The van der Waals surface area contributed by atoms with E-state index in [9.17, 15) is 0 Å². The Morgan fingerprint density at radius 2 is 0.333 bits per heavy atom. The fourth-order valence-electron chi connectivity index (χ4n) is 15.3. The molecule has 0 saturated heterocycles. The number of rotatable bonds is 34. The second-order valence-electron chi connectivity index (χ2n) is 32.8. The first-order chi connectivity index (χ1) is 63.5. The van der Waals surface area contributed by atoms with Gasteiger partial charge in [0.25, 0.3) is 0 Å². The predicted octanol–water partition coefficient (Wildman–Crippen LogP) is 28.4. The molecule has 0 spiro atoms. The zero-order valence-corrected chi connectivity index (χ0v) is 80.9. The van der Waals surface area contributed by atoms with Crippen LogP contribution in [0.25, 0.3) is 45.6 Å². The minimum Gasteiger partial charge on any atom is -0.253 e. The highest BCUT2D eigenvalue weighted by Gasteiger charge is 2.21. The van der Waals surface area contributed by atoms with Crippen molar-refractivity contribution in [2.24, 2.45) is 0 Å². The molecule has 0 aliphatic carbocycles. The van der Waals surface area contributed by atoms with Crippen molar-refractivity contribution in [1.82, 2.24) is 39.9 Å². The summed E-state index contributed by atoms with van der Waals surface area (Å²) in [6, 6.07) is 32.4. The van der Waals surface area contributed by atoms with Crippen molar-refractivity contribution >= 4 is 56.7 Å². The van der Waals surface area contributed by atoms with E-state index in [2.05, 4.69) is 175 Å². The van der Waals surface area contributed by atoms with E-state index in [0.717, 1.165) is 261 Å². The molecule has 13 aromatic heterocycles. The second-order valence-corrected chi connectivity index (χ2v) is 37.6. The third-order valence-electron chi connectivity index (χ3n) is 22.9. The fourth-order valence-corrected chi connectivity index (χ4v) is 20.6. The van der Waals surface area contributed by atoms with Crippen LogP contribution in [0, 0.1) is 94.7 Å². The number of thiophene rings is 5. The Morgan fingerprint density at radius 1 is 0.178 bits per heavy atom. The molecule has 0 atom stereocenters. The van der Waals surface area contributed by atoms with Crippen molar-refractivity contribution < 1.29 is 0 Å². The van der Waals surface area contributed by atoms with Crippen molar-refractivity contribution in [2.75, 3.05) is 0 Å². The van der Waals surface area contributed by atoms with Gasteiger partial charge in [-0.3, -0.25) is 39.9 Å². The molecule has 13 heteroatoms. The van der Waals surface area contributed by atoms with Gasteiger partial charge in [-0.05, 0) is 292 Å². The van der Waals surface area contributed by atoms with Gasteiger partial charge in [0.1, 0.15) is 0 Å². The topological polar surface area (TPSA) is 103 Å². The summed E-state index contributed by atoms with van der Waals surface area (Å²) in [4.78, 5) is 47.6. The summed E-state index contributed by atoms with van der Waals surface area (Å²) in [5, 5.41) is 4.64. The molecule has 0 N–H and O–H groups in total. The van der Waals surface area contributed by atoms with Crippen LogP contribution < -0.4 is 0 Å². The predicted molar refractivity (Wildman–Crippen MR) is 545 cm³/mol. The van der Waals surface area contributed by atoms with Gasteiger partial charge in [-0.25, -0.2) is 0 Å². The molecule has 0 aliphatic heterocycles. The lowest BCUT2D eigenvalue weighted by Gasteiger charge is -2.05. The molecule has 129 heavy (non-hydrogen) atoms. The Morgan fingerprint density at radius 3 is 0.488 bits per heavy atom.